The first-order valence-corrected chi connectivity index (χ1v) is 6.52. The molecule has 9 heteroatoms. The normalized spacial score (nSPS) is 20.0. The SMILES string of the molecule is CCC(O)C(O)C(O)C(NC(C)=O)C(O)CC(O)C(=O)O. The molecule has 0 aromatic rings. The summed E-state index contributed by atoms with van der Waals surface area (Å²) in [4.78, 5) is 21.6. The summed E-state index contributed by atoms with van der Waals surface area (Å²) in [5.41, 5.74) is 0. The minimum Gasteiger partial charge on any atom is -0.479 e. The molecule has 7 N–H and O–H groups in total. The van der Waals surface area contributed by atoms with Crippen LogP contribution in [0.3, 0.4) is 0 Å². The van der Waals surface area contributed by atoms with Gasteiger partial charge in [-0.05, 0) is 6.42 Å². The van der Waals surface area contributed by atoms with Crippen LogP contribution < -0.4 is 5.32 Å². The predicted octanol–water partition coefficient (Wildman–Crippen LogP) is -2.82. The Morgan fingerprint density at radius 1 is 1.00 bits per heavy atom. The van der Waals surface area contributed by atoms with Crippen LogP contribution in [-0.2, 0) is 9.59 Å². The molecule has 0 saturated carbocycles. The van der Waals surface area contributed by atoms with Crippen molar-refractivity contribution >= 4 is 11.9 Å². The Morgan fingerprint density at radius 2 is 1.52 bits per heavy atom. The number of hydrogen-bond donors (Lipinski definition) is 7. The minimum absolute atomic E-state index is 0.124. The first-order chi connectivity index (χ1) is 9.61. The van der Waals surface area contributed by atoms with Crippen molar-refractivity contribution in [2.75, 3.05) is 0 Å². The van der Waals surface area contributed by atoms with Crippen LogP contribution in [0.5, 0.6) is 0 Å². The first kappa shape index (κ1) is 19.7. The van der Waals surface area contributed by atoms with Crippen LogP contribution in [0.1, 0.15) is 26.7 Å². The summed E-state index contributed by atoms with van der Waals surface area (Å²) in [5, 5.41) is 58.9. The Morgan fingerprint density at radius 3 is 1.90 bits per heavy atom. The zero-order valence-corrected chi connectivity index (χ0v) is 11.9. The van der Waals surface area contributed by atoms with E-state index in [-0.39, 0.29) is 6.42 Å². The summed E-state index contributed by atoms with van der Waals surface area (Å²) in [6, 6.07) is -1.44. The average molecular weight is 309 g/mol. The second kappa shape index (κ2) is 8.90. The van der Waals surface area contributed by atoms with E-state index in [0.29, 0.717) is 0 Å². The van der Waals surface area contributed by atoms with Crippen molar-refractivity contribution in [2.45, 2.75) is 63.3 Å². The number of carboxylic acids is 1. The number of carbonyl (C=O) groups is 2. The van der Waals surface area contributed by atoms with E-state index in [9.17, 15) is 35.1 Å². The lowest BCUT2D eigenvalue weighted by Gasteiger charge is -2.33. The fourth-order valence-corrected chi connectivity index (χ4v) is 1.80. The number of aliphatic hydroxyl groups excluding tert-OH is 5. The first-order valence-electron chi connectivity index (χ1n) is 6.52. The number of amides is 1. The lowest BCUT2D eigenvalue weighted by atomic mass is 9.93. The van der Waals surface area contributed by atoms with Gasteiger partial charge in [-0.25, -0.2) is 4.79 Å². The average Bonchev–Trinajstić information content (AvgIpc) is 2.41. The van der Waals surface area contributed by atoms with Crippen LogP contribution in [0.4, 0.5) is 0 Å². The topological polar surface area (TPSA) is 168 Å². The largest absolute Gasteiger partial charge is 0.479 e. The molecular formula is C12H23NO8. The van der Waals surface area contributed by atoms with E-state index in [1.807, 2.05) is 0 Å². The Kier molecular flexibility index (Phi) is 8.37. The van der Waals surface area contributed by atoms with E-state index >= 15 is 0 Å². The van der Waals surface area contributed by atoms with Gasteiger partial charge in [-0.1, -0.05) is 6.92 Å². The van der Waals surface area contributed by atoms with Gasteiger partial charge in [0.2, 0.25) is 5.91 Å². The zero-order chi connectivity index (χ0) is 16.7. The van der Waals surface area contributed by atoms with Crippen molar-refractivity contribution in [1.29, 1.82) is 0 Å². The molecule has 0 aliphatic heterocycles. The van der Waals surface area contributed by atoms with Crippen LogP contribution in [0, 0.1) is 0 Å². The molecule has 124 valence electrons. The molecule has 6 atom stereocenters. The molecule has 0 aliphatic rings. The number of nitrogens with one attached hydrogen (secondary N) is 1. The quantitative estimate of drug-likeness (QED) is 0.239. The van der Waals surface area contributed by atoms with Crippen LogP contribution in [0.15, 0.2) is 0 Å². The fraction of sp³-hybridized carbons (Fsp3) is 0.833. The van der Waals surface area contributed by atoms with E-state index in [1.54, 1.807) is 6.92 Å². The molecule has 0 fully saturated rings. The number of aliphatic carboxylic acids is 1. The van der Waals surface area contributed by atoms with Gasteiger partial charge in [-0.3, -0.25) is 4.79 Å². The van der Waals surface area contributed by atoms with Crippen molar-refractivity contribution < 1.29 is 40.2 Å². The lowest BCUT2D eigenvalue weighted by molar-refractivity contribution is -0.149. The predicted molar refractivity (Wildman–Crippen MR) is 70.2 cm³/mol. The van der Waals surface area contributed by atoms with Crippen LogP contribution >= 0.6 is 0 Å². The molecule has 9 nitrogen and oxygen atoms in total. The maximum Gasteiger partial charge on any atom is 0.332 e. The monoisotopic (exact) mass is 309 g/mol. The van der Waals surface area contributed by atoms with Crippen molar-refractivity contribution in [2.24, 2.45) is 0 Å². The van der Waals surface area contributed by atoms with Gasteiger partial charge in [0.25, 0.3) is 0 Å². The Labute approximate surface area is 121 Å². The molecular weight excluding hydrogens is 286 g/mol. The number of carbonyl (C=O) groups excluding carboxylic acids is 1. The van der Waals surface area contributed by atoms with Gasteiger partial charge < -0.3 is 36.0 Å². The van der Waals surface area contributed by atoms with Crippen molar-refractivity contribution in [3.63, 3.8) is 0 Å². The highest BCUT2D eigenvalue weighted by atomic mass is 16.4. The summed E-state index contributed by atoms with van der Waals surface area (Å²) in [6.07, 6.45) is -8.73. The molecule has 0 bridgehead atoms. The number of aliphatic hydroxyl groups is 5. The molecule has 0 spiro atoms. The molecule has 0 saturated heterocycles. The highest BCUT2D eigenvalue weighted by Gasteiger charge is 2.37. The van der Waals surface area contributed by atoms with E-state index in [1.165, 1.54) is 0 Å². The van der Waals surface area contributed by atoms with Crippen molar-refractivity contribution in [1.82, 2.24) is 5.32 Å². The number of hydrogen-bond acceptors (Lipinski definition) is 7. The second-order valence-electron chi connectivity index (χ2n) is 4.84. The summed E-state index contributed by atoms with van der Waals surface area (Å²) in [7, 11) is 0. The molecule has 0 aromatic heterocycles. The third kappa shape index (κ3) is 6.36. The van der Waals surface area contributed by atoms with E-state index in [4.69, 9.17) is 5.11 Å². The standard InChI is InChI=1S/C12H23NO8/c1-3-6(15)10(18)11(19)9(13-5(2)14)7(16)4-8(17)12(20)21/h6-11,15-19H,3-4H2,1-2H3,(H,13,14)(H,20,21). The van der Waals surface area contributed by atoms with E-state index in [2.05, 4.69) is 5.32 Å². The van der Waals surface area contributed by atoms with Gasteiger partial charge in [0, 0.05) is 13.3 Å². The maximum atomic E-state index is 11.1. The van der Waals surface area contributed by atoms with Gasteiger partial charge in [0.15, 0.2) is 6.10 Å². The van der Waals surface area contributed by atoms with Gasteiger partial charge in [0.05, 0.1) is 18.2 Å². The zero-order valence-electron chi connectivity index (χ0n) is 11.9. The third-order valence-corrected chi connectivity index (χ3v) is 3.06. The highest BCUT2D eigenvalue weighted by molar-refractivity contribution is 5.73. The summed E-state index contributed by atoms with van der Waals surface area (Å²) in [5.74, 6) is -2.21. The summed E-state index contributed by atoms with van der Waals surface area (Å²) in [6.45, 7) is 2.65. The summed E-state index contributed by atoms with van der Waals surface area (Å²) < 4.78 is 0. The molecule has 0 aromatic carbocycles. The second-order valence-corrected chi connectivity index (χ2v) is 4.84. The van der Waals surface area contributed by atoms with E-state index < -0.39 is 54.9 Å². The van der Waals surface area contributed by atoms with Gasteiger partial charge >= 0.3 is 5.97 Å². The van der Waals surface area contributed by atoms with E-state index in [0.717, 1.165) is 6.92 Å². The summed E-state index contributed by atoms with van der Waals surface area (Å²) >= 11 is 0. The minimum atomic E-state index is -1.89. The molecule has 1 amide bonds. The van der Waals surface area contributed by atoms with Gasteiger partial charge in [0.1, 0.15) is 12.2 Å². The van der Waals surface area contributed by atoms with Gasteiger partial charge in [-0.2, -0.15) is 0 Å². The Balaban J connectivity index is 5.00. The fourth-order valence-electron chi connectivity index (χ4n) is 1.80. The molecule has 0 heterocycles. The lowest BCUT2D eigenvalue weighted by Crippen LogP contribution is -2.57. The molecule has 21 heavy (non-hydrogen) atoms. The Bertz CT molecular complexity index is 350. The molecule has 0 aliphatic carbocycles. The van der Waals surface area contributed by atoms with Crippen molar-refractivity contribution in [3.8, 4) is 0 Å². The van der Waals surface area contributed by atoms with Crippen molar-refractivity contribution in [3.05, 3.63) is 0 Å². The third-order valence-electron chi connectivity index (χ3n) is 3.06. The number of carboxylic acid groups (broad SMARTS) is 1. The smallest absolute Gasteiger partial charge is 0.332 e. The van der Waals surface area contributed by atoms with Crippen LogP contribution in [0.25, 0.3) is 0 Å². The van der Waals surface area contributed by atoms with Gasteiger partial charge in [-0.15, -0.1) is 0 Å². The maximum absolute atomic E-state index is 11.1. The molecule has 6 unspecified atom stereocenters. The number of rotatable bonds is 9. The highest BCUT2D eigenvalue weighted by Crippen LogP contribution is 2.14. The van der Waals surface area contributed by atoms with Crippen LogP contribution in [0.2, 0.25) is 0 Å². The molecule has 0 radical (unpaired) electrons. The van der Waals surface area contributed by atoms with Crippen LogP contribution in [-0.4, -0.2) is 79.1 Å². The molecule has 0 rings (SSSR count). The Hall–Kier alpha value is -1.26.